The number of nitrogens with one attached hydrogen (secondary N) is 2. The van der Waals surface area contributed by atoms with E-state index in [1.807, 2.05) is 0 Å². The van der Waals surface area contributed by atoms with Gasteiger partial charge in [-0.05, 0) is 18.6 Å². The van der Waals surface area contributed by atoms with Crippen molar-refractivity contribution in [3.8, 4) is 0 Å². The molecule has 4 heterocycles. The smallest absolute Gasteiger partial charge is 0.416 e. The Kier molecular flexibility index (Phi) is 5.36. The molecule has 1 fully saturated rings. The van der Waals surface area contributed by atoms with Crippen molar-refractivity contribution in [3.05, 3.63) is 58.0 Å². The minimum absolute atomic E-state index is 0.0232. The molecule has 3 aromatic heterocycles. The number of pyridine rings is 1. The van der Waals surface area contributed by atoms with E-state index in [-0.39, 0.29) is 35.1 Å². The number of anilines is 1. The van der Waals surface area contributed by atoms with Crippen molar-refractivity contribution in [3.63, 3.8) is 0 Å². The standard InChI is InChI=1S/C18H16ClFN6O4/c19-3-1-4-21-17(28)12-8-23-25-5-2-14(24-15(12)25)26-13(9-30-18(26)29)11-6-10(20)7-22-16(11)27/h2,5-8,13H,1,3-4,9H2,(H,21,28)(H,22,27). The molecule has 1 atom stereocenters. The van der Waals surface area contributed by atoms with Crippen LogP contribution in [0.4, 0.5) is 15.0 Å². The molecule has 1 aliphatic rings. The summed E-state index contributed by atoms with van der Waals surface area (Å²) in [6.45, 7) is 0.242. The van der Waals surface area contributed by atoms with Gasteiger partial charge in [-0.3, -0.25) is 14.5 Å². The first-order chi connectivity index (χ1) is 14.5. The zero-order valence-electron chi connectivity index (χ0n) is 15.5. The largest absolute Gasteiger partial charge is 0.447 e. The Morgan fingerprint density at radius 2 is 2.27 bits per heavy atom. The number of halogens is 2. The number of hydrogen-bond donors (Lipinski definition) is 2. The first-order valence-electron chi connectivity index (χ1n) is 9.02. The lowest BCUT2D eigenvalue weighted by atomic mass is 10.1. The van der Waals surface area contributed by atoms with E-state index in [2.05, 4.69) is 20.4 Å². The first-order valence-corrected chi connectivity index (χ1v) is 9.55. The van der Waals surface area contributed by atoms with Crippen molar-refractivity contribution < 1.29 is 18.7 Å². The van der Waals surface area contributed by atoms with E-state index in [1.54, 1.807) is 0 Å². The lowest BCUT2D eigenvalue weighted by molar-refractivity contribution is 0.0955. The fraction of sp³-hybridized carbons (Fsp3) is 0.278. The lowest BCUT2D eigenvalue weighted by Gasteiger charge is -2.20. The van der Waals surface area contributed by atoms with E-state index < -0.39 is 23.5 Å². The van der Waals surface area contributed by atoms with Gasteiger partial charge in [0.15, 0.2) is 5.65 Å². The van der Waals surface area contributed by atoms with Crippen LogP contribution in [-0.4, -0.2) is 50.6 Å². The fourth-order valence-corrected chi connectivity index (χ4v) is 3.28. The van der Waals surface area contributed by atoms with Crippen LogP contribution >= 0.6 is 11.6 Å². The number of rotatable bonds is 6. The Balaban J connectivity index is 1.71. The van der Waals surface area contributed by atoms with Crippen LogP contribution in [0.1, 0.15) is 28.4 Å². The lowest BCUT2D eigenvalue weighted by Crippen LogP contribution is -2.32. The number of H-pyrrole nitrogens is 1. The fourth-order valence-electron chi connectivity index (χ4n) is 3.14. The van der Waals surface area contributed by atoms with Crippen molar-refractivity contribution in [2.24, 2.45) is 0 Å². The predicted molar refractivity (Wildman–Crippen MR) is 104 cm³/mol. The number of ether oxygens (including phenoxy) is 1. The zero-order valence-corrected chi connectivity index (χ0v) is 16.2. The monoisotopic (exact) mass is 434 g/mol. The van der Waals surface area contributed by atoms with Gasteiger partial charge < -0.3 is 15.0 Å². The number of aromatic nitrogens is 4. The average molecular weight is 435 g/mol. The second-order valence-corrected chi connectivity index (χ2v) is 6.85. The molecule has 4 rings (SSSR count). The summed E-state index contributed by atoms with van der Waals surface area (Å²) in [6, 6.07) is 1.66. The van der Waals surface area contributed by atoms with E-state index in [0.29, 0.717) is 18.8 Å². The minimum Gasteiger partial charge on any atom is -0.447 e. The van der Waals surface area contributed by atoms with Gasteiger partial charge in [-0.2, -0.15) is 5.10 Å². The third kappa shape index (κ3) is 3.59. The second-order valence-electron chi connectivity index (χ2n) is 6.48. The highest BCUT2D eigenvalue weighted by Gasteiger charge is 2.38. The molecule has 2 amide bonds. The van der Waals surface area contributed by atoms with Gasteiger partial charge >= 0.3 is 6.09 Å². The van der Waals surface area contributed by atoms with Crippen molar-refractivity contribution in [2.75, 3.05) is 23.9 Å². The van der Waals surface area contributed by atoms with Crippen LogP contribution < -0.4 is 15.8 Å². The van der Waals surface area contributed by atoms with E-state index >= 15 is 0 Å². The van der Waals surface area contributed by atoms with Gasteiger partial charge in [0.25, 0.3) is 11.5 Å². The maximum absolute atomic E-state index is 13.7. The van der Waals surface area contributed by atoms with Crippen molar-refractivity contribution in [1.82, 2.24) is 24.9 Å². The Morgan fingerprint density at radius 1 is 1.43 bits per heavy atom. The summed E-state index contributed by atoms with van der Waals surface area (Å²) in [6.07, 6.45) is 3.67. The van der Waals surface area contributed by atoms with Gasteiger partial charge in [0.1, 0.15) is 29.8 Å². The van der Waals surface area contributed by atoms with Crippen molar-refractivity contribution in [2.45, 2.75) is 12.5 Å². The summed E-state index contributed by atoms with van der Waals surface area (Å²) in [5.41, 5.74) is -0.105. The van der Waals surface area contributed by atoms with Gasteiger partial charge in [0, 0.05) is 30.4 Å². The van der Waals surface area contributed by atoms with Crippen LogP contribution in [0.25, 0.3) is 5.65 Å². The molecule has 0 spiro atoms. The molecular formula is C18H16ClFN6O4. The van der Waals surface area contributed by atoms with Crippen LogP contribution in [0.2, 0.25) is 0 Å². The summed E-state index contributed by atoms with van der Waals surface area (Å²) in [7, 11) is 0. The van der Waals surface area contributed by atoms with Gasteiger partial charge in [0.05, 0.1) is 6.20 Å². The number of carbonyl (C=O) groups is 2. The number of fused-ring (bicyclic) bond motifs is 1. The Hall–Kier alpha value is -3.47. The summed E-state index contributed by atoms with van der Waals surface area (Å²) < 4.78 is 20.1. The van der Waals surface area contributed by atoms with E-state index in [9.17, 15) is 18.8 Å². The molecule has 0 aliphatic carbocycles. The van der Waals surface area contributed by atoms with Crippen molar-refractivity contribution >= 4 is 35.1 Å². The molecule has 1 unspecified atom stereocenters. The molecule has 156 valence electrons. The zero-order chi connectivity index (χ0) is 21.3. The molecule has 0 bridgehead atoms. The van der Waals surface area contributed by atoms with Gasteiger partial charge in [-0.15, -0.1) is 11.6 Å². The predicted octanol–water partition coefficient (Wildman–Crippen LogP) is 1.61. The maximum atomic E-state index is 13.7. The summed E-state index contributed by atoms with van der Waals surface area (Å²) in [4.78, 5) is 44.8. The van der Waals surface area contributed by atoms with Crippen LogP contribution in [-0.2, 0) is 4.74 Å². The van der Waals surface area contributed by atoms with Gasteiger partial charge in [0.2, 0.25) is 0 Å². The first kappa shape index (κ1) is 19.8. The van der Waals surface area contributed by atoms with Gasteiger partial charge in [-0.25, -0.2) is 18.7 Å². The summed E-state index contributed by atoms with van der Waals surface area (Å²) in [5.74, 6) is -0.496. The number of alkyl halides is 1. The number of nitrogens with zero attached hydrogens (tertiary/aromatic N) is 4. The summed E-state index contributed by atoms with van der Waals surface area (Å²) in [5, 5.41) is 6.80. The quantitative estimate of drug-likeness (QED) is 0.449. The second kappa shape index (κ2) is 8.11. The maximum Gasteiger partial charge on any atom is 0.416 e. The normalized spacial score (nSPS) is 16.1. The molecule has 0 saturated carbocycles. The number of hydrogen-bond acceptors (Lipinski definition) is 6. The molecular weight excluding hydrogens is 419 g/mol. The number of aromatic amines is 1. The molecule has 3 aromatic rings. The van der Waals surface area contributed by atoms with E-state index in [4.69, 9.17) is 16.3 Å². The highest BCUT2D eigenvalue weighted by molar-refractivity contribution is 6.17. The molecule has 12 heteroatoms. The van der Waals surface area contributed by atoms with E-state index in [0.717, 1.165) is 17.2 Å². The average Bonchev–Trinajstić information content (AvgIpc) is 3.33. The SMILES string of the molecule is O=C(NCCCCl)c1cnn2ccc(N3C(=O)OCC3c3cc(F)c[nH]c3=O)nc12. The highest BCUT2D eigenvalue weighted by atomic mass is 35.5. The number of amides is 2. The minimum atomic E-state index is -0.879. The molecule has 0 radical (unpaired) electrons. The number of carbonyl (C=O) groups excluding carboxylic acids is 2. The summed E-state index contributed by atoms with van der Waals surface area (Å²) >= 11 is 5.62. The van der Waals surface area contributed by atoms with Crippen molar-refractivity contribution in [1.29, 1.82) is 0 Å². The van der Waals surface area contributed by atoms with Crippen LogP contribution in [0.5, 0.6) is 0 Å². The molecule has 1 saturated heterocycles. The molecule has 10 nitrogen and oxygen atoms in total. The molecule has 1 aliphatic heterocycles. The highest BCUT2D eigenvalue weighted by Crippen LogP contribution is 2.31. The molecule has 2 N–H and O–H groups in total. The third-order valence-corrected chi connectivity index (χ3v) is 4.84. The van der Waals surface area contributed by atoms with Crippen LogP contribution in [0.15, 0.2) is 35.5 Å². The van der Waals surface area contributed by atoms with Crippen LogP contribution in [0, 0.1) is 5.82 Å². The Bertz CT molecular complexity index is 1180. The van der Waals surface area contributed by atoms with Gasteiger partial charge in [-0.1, -0.05) is 0 Å². The number of cyclic esters (lactones) is 1. The Morgan fingerprint density at radius 3 is 3.07 bits per heavy atom. The third-order valence-electron chi connectivity index (χ3n) is 4.57. The van der Waals surface area contributed by atoms with Crippen LogP contribution in [0.3, 0.4) is 0 Å². The molecule has 30 heavy (non-hydrogen) atoms. The topological polar surface area (TPSA) is 122 Å². The van der Waals surface area contributed by atoms with E-state index in [1.165, 1.54) is 23.0 Å². The molecule has 0 aromatic carbocycles. The Labute approximate surface area is 173 Å².